The summed E-state index contributed by atoms with van der Waals surface area (Å²) < 4.78 is 15.2. The zero-order chi connectivity index (χ0) is 22.5. The molecule has 4 aromatic rings. The largest absolute Gasteiger partial charge is 0.348 e. The van der Waals surface area contributed by atoms with E-state index >= 15 is 0 Å². The molecule has 32 heavy (non-hydrogen) atoms. The summed E-state index contributed by atoms with van der Waals surface area (Å²) >= 11 is 0. The lowest BCUT2D eigenvalue weighted by molar-refractivity contribution is -0.114. The van der Waals surface area contributed by atoms with Gasteiger partial charge in [0.05, 0.1) is 11.4 Å². The molecule has 3 aromatic carbocycles. The van der Waals surface area contributed by atoms with Gasteiger partial charge in [-0.1, -0.05) is 24.3 Å². The minimum absolute atomic E-state index is 0.208. The number of carbonyl (C=O) groups excluding carboxylic acids is 2. The van der Waals surface area contributed by atoms with E-state index in [1.165, 1.54) is 19.1 Å². The molecule has 0 aliphatic heterocycles. The Bertz CT molecular complexity index is 1250. The van der Waals surface area contributed by atoms with Crippen LogP contribution in [0.3, 0.4) is 0 Å². The first-order chi connectivity index (χ1) is 15.5. The molecule has 0 saturated carbocycles. The van der Waals surface area contributed by atoms with Crippen molar-refractivity contribution in [2.24, 2.45) is 0 Å². The van der Waals surface area contributed by atoms with E-state index in [9.17, 15) is 14.0 Å². The van der Waals surface area contributed by atoms with Crippen molar-refractivity contribution in [3.05, 3.63) is 102 Å². The highest BCUT2D eigenvalue weighted by Gasteiger charge is 2.14. The maximum absolute atomic E-state index is 13.4. The van der Waals surface area contributed by atoms with Gasteiger partial charge in [-0.05, 0) is 54.6 Å². The molecule has 0 radical (unpaired) electrons. The van der Waals surface area contributed by atoms with Crippen LogP contribution < -0.4 is 10.6 Å². The molecule has 1 aromatic heterocycles. The Hall–Kier alpha value is -4.26. The van der Waals surface area contributed by atoms with Gasteiger partial charge in [0.2, 0.25) is 5.91 Å². The summed E-state index contributed by atoms with van der Waals surface area (Å²) in [7, 11) is 0. The Morgan fingerprint density at radius 1 is 0.969 bits per heavy atom. The molecule has 0 unspecified atom stereocenters. The fraction of sp³-hybridized carbons (Fsp3) is 0.0800. The van der Waals surface area contributed by atoms with Crippen molar-refractivity contribution in [1.29, 1.82) is 0 Å². The lowest BCUT2D eigenvalue weighted by Gasteiger charge is -2.08. The molecule has 4 rings (SSSR count). The number of halogens is 1. The Balaban J connectivity index is 1.60. The molecule has 0 atom stereocenters. The Morgan fingerprint density at radius 3 is 2.44 bits per heavy atom. The quantitative estimate of drug-likeness (QED) is 0.473. The molecular weight excluding hydrogens is 407 g/mol. The molecule has 160 valence electrons. The van der Waals surface area contributed by atoms with Crippen LogP contribution in [0.25, 0.3) is 16.9 Å². The van der Waals surface area contributed by atoms with Gasteiger partial charge in [-0.25, -0.2) is 9.07 Å². The van der Waals surface area contributed by atoms with E-state index in [1.54, 1.807) is 41.1 Å². The number of amides is 2. The Labute approximate surface area is 184 Å². The first-order valence-corrected chi connectivity index (χ1v) is 10.1. The molecular formula is C25H21FN4O2. The highest BCUT2D eigenvalue weighted by molar-refractivity contribution is 5.96. The number of rotatable bonds is 6. The molecule has 0 aliphatic carbocycles. The topological polar surface area (TPSA) is 76.0 Å². The summed E-state index contributed by atoms with van der Waals surface area (Å²) in [4.78, 5) is 24.0. The van der Waals surface area contributed by atoms with Crippen LogP contribution in [-0.2, 0) is 11.3 Å². The van der Waals surface area contributed by atoms with Gasteiger partial charge >= 0.3 is 0 Å². The van der Waals surface area contributed by atoms with Gasteiger partial charge < -0.3 is 10.6 Å². The van der Waals surface area contributed by atoms with Crippen LogP contribution in [0.15, 0.2) is 85.1 Å². The zero-order valence-corrected chi connectivity index (χ0v) is 17.4. The highest BCUT2D eigenvalue weighted by Crippen LogP contribution is 2.24. The molecule has 0 spiro atoms. The molecule has 1 heterocycles. The van der Waals surface area contributed by atoms with Gasteiger partial charge in [0, 0.05) is 42.0 Å². The van der Waals surface area contributed by atoms with Crippen LogP contribution in [0.4, 0.5) is 10.1 Å². The molecule has 0 fully saturated rings. The fourth-order valence-electron chi connectivity index (χ4n) is 3.32. The average Bonchev–Trinajstić information content (AvgIpc) is 3.22. The number of hydrogen-bond donors (Lipinski definition) is 2. The number of nitrogens with one attached hydrogen (secondary N) is 2. The summed E-state index contributed by atoms with van der Waals surface area (Å²) in [5.41, 5.74) is 4.03. The van der Waals surface area contributed by atoms with E-state index < -0.39 is 0 Å². The number of benzene rings is 3. The third kappa shape index (κ3) is 4.89. The lowest BCUT2D eigenvalue weighted by Crippen LogP contribution is -2.23. The molecule has 0 bridgehead atoms. The van der Waals surface area contributed by atoms with E-state index in [4.69, 9.17) is 0 Å². The van der Waals surface area contributed by atoms with Gasteiger partial charge in [-0.3, -0.25) is 9.59 Å². The summed E-state index contributed by atoms with van der Waals surface area (Å²) in [5.74, 6) is -0.820. The van der Waals surface area contributed by atoms with Crippen molar-refractivity contribution in [3.8, 4) is 16.9 Å². The highest BCUT2D eigenvalue weighted by atomic mass is 19.1. The van der Waals surface area contributed by atoms with Crippen LogP contribution in [0.1, 0.15) is 22.8 Å². The second kappa shape index (κ2) is 9.26. The van der Waals surface area contributed by atoms with Crippen molar-refractivity contribution in [2.45, 2.75) is 13.5 Å². The van der Waals surface area contributed by atoms with E-state index in [2.05, 4.69) is 15.7 Å². The van der Waals surface area contributed by atoms with Gasteiger partial charge in [0.25, 0.3) is 5.91 Å². The average molecular weight is 428 g/mol. The van der Waals surface area contributed by atoms with E-state index in [0.29, 0.717) is 16.9 Å². The maximum atomic E-state index is 13.4. The number of anilines is 1. The summed E-state index contributed by atoms with van der Waals surface area (Å²) in [6.07, 6.45) is 1.85. The van der Waals surface area contributed by atoms with E-state index in [1.807, 2.05) is 36.5 Å². The van der Waals surface area contributed by atoms with Gasteiger partial charge in [0.15, 0.2) is 0 Å². The van der Waals surface area contributed by atoms with Gasteiger partial charge in [-0.15, -0.1) is 0 Å². The number of aromatic nitrogens is 2. The van der Waals surface area contributed by atoms with Gasteiger partial charge in [0.1, 0.15) is 5.82 Å². The fourth-order valence-corrected chi connectivity index (χ4v) is 3.32. The monoisotopic (exact) mass is 428 g/mol. The molecule has 2 N–H and O–H groups in total. The third-order valence-corrected chi connectivity index (χ3v) is 4.81. The van der Waals surface area contributed by atoms with E-state index in [-0.39, 0.29) is 24.2 Å². The zero-order valence-electron chi connectivity index (χ0n) is 17.4. The van der Waals surface area contributed by atoms with Crippen LogP contribution >= 0.6 is 0 Å². The van der Waals surface area contributed by atoms with Gasteiger partial charge in [-0.2, -0.15) is 5.10 Å². The Morgan fingerprint density at radius 2 is 1.72 bits per heavy atom. The first-order valence-electron chi connectivity index (χ1n) is 10.1. The minimum Gasteiger partial charge on any atom is -0.348 e. The van der Waals surface area contributed by atoms with Crippen LogP contribution in [0.5, 0.6) is 0 Å². The van der Waals surface area contributed by atoms with Crippen LogP contribution in [0, 0.1) is 5.82 Å². The smallest absolute Gasteiger partial charge is 0.251 e. The summed E-state index contributed by atoms with van der Waals surface area (Å²) in [6, 6.07) is 22.4. The predicted molar refractivity (Wildman–Crippen MR) is 121 cm³/mol. The number of hydrogen-bond acceptors (Lipinski definition) is 3. The van der Waals surface area contributed by atoms with Crippen molar-refractivity contribution < 1.29 is 14.0 Å². The second-order valence-electron chi connectivity index (χ2n) is 7.23. The molecule has 6 nitrogen and oxygen atoms in total. The first kappa shape index (κ1) is 21.0. The van der Waals surface area contributed by atoms with Crippen molar-refractivity contribution in [1.82, 2.24) is 15.1 Å². The molecule has 0 saturated heterocycles. The Kier molecular flexibility index (Phi) is 6.07. The van der Waals surface area contributed by atoms with Crippen LogP contribution in [-0.4, -0.2) is 21.6 Å². The molecule has 7 heteroatoms. The van der Waals surface area contributed by atoms with Crippen LogP contribution in [0.2, 0.25) is 0 Å². The molecule has 0 aliphatic rings. The second-order valence-corrected chi connectivity index (χ2v) is 7.23. The van der Waals surface area contributed by atoms with E-state index in [0.717, 1.165) is 16.8 Å². The summed E-state index contributed by atoms with van der Waals surface area (Å²) in [6.45, 7) is 1.64. The third-order valence-electron chi connectivity index (χ3n) is 4.81. The number of para-hydroxylation sites is 1. The van der Waals surface area contributed by atoms with Crippen molar-refractivity contribution in [3.63, 3.8) is 0 Å². The van der Waals surface area contributed by atoms with Crippen molar-refractivity contribution in [2.75, 3.05) is 5.32 Å². The minimum atomic E-state index is -0.329. The number of carbonyl (C=O) groups is 2. The lowest BCUT2D eigenvalue weighted by atomic mass is 10.1. The normalized spacial score (nSPS) is 10.6. The van der Waals surface area contributed by atoms with Crippen molar-refractivity contribution >= 4 is 17.5 Å². The predicted octanol–water partition coefficient (Wildman–Crippen LogP) is 4.57. The number of nitrogens with zero attached hydrogens (tertiary/aromatic N) is 2. The maximum Gasteiger partial charge on any atom is 0.251 e. The summed E-state index contributed by atoms with van der Waals surface area (Å²) in [5, 5.41) is 10.2. The molecule has 2 amide bonds. The SMILES string of the molecule is CC(=O)Nc1cccc(C(=O)NCc2cn(-c3ccccc3)nc2-c2ccc(F)cc2)c1. The standard InChI is InChI=1S/C25H21FN4O2/c1-17(31)28-22-7-5-6-19(14-22)25(32)27-15-20-16-30(23-8-3-2-4-9-23)29-24(20)18-10-12-21(26)13-11-18/h2-14,16H,15H2,1H3,(H,27,32)(H,28,31).